The Morgan fingerprint density at radius 3 is 2.55 bits per heavy atom. The highest BCUT2D eigenvalue weighted by Crippen LogP contribution is 2.27. The minimum Gasteiger partial charge on any atom is -0.496 e. The molecule has 0 saturated heterocycles. The summed E-state index contributed by atoms with van der Waals surface area (Å²) in [6.07, 6.45) is 3.35. The number of sulfonamides is 1. The van der Waals surface area contributed by atoms with Gasteiger partial charge in [0.15, 0.2) is 5.16 Å². The normalized spacial score (nSPS) is 11.8. The molecule has 3 N–H and O–H groups in total. The highest BCUT2D eigenvalue weighted by molar-refractivity contribution is 7.98. The molecule has 33 heavy (non-hydrogen) atoms. The number of primary sulfonamides is 1. The third kappa shape index (κ3) is 6.51. The van der Waals surface area contributed by atoms with Gasteiger partial charge in [-0.15, -0.1) is 0 Å². The summed E-state index contributed by atoms with van der Waals surface area (Å²) < 4.78 is 28.7. The van der Waals surface area contributed by atoms with E-state index >= 15 is 0 Å². The molecule has 3 rings (SSSR count). The van der Waals surface area contributed by atoms with Crippen molar-refractivity contribution in [3.8, 4) is 5.75 Å². The maximum Gasteiger partial charge on any atom is 0.271 e. The van der Waals surface area contributed by atoms with Crippen molar-refractivity contribution >= 4 is 45.0 Å². The van der Waals surface area contributed by atoms with Crippen LogP contribution in [-0.4, -0.2) is 37.1 Å². The van der Waals surface area contributed by atoms with E-state index in [1.165, 1.54) is 23.9 Å². The van der Waals surface area contributed by atoms with E-state index in [-0.39, 0.29) is 15.5 Å². The molecule has 2 aromatic carbocycles. The number of carbonyl (C=O) groups is 1. The number of nitrogens with zero attached hydrogens (tertiary/aromatic N) is 3. The lowest BCUT2D eigenvalue weighted by molar-refractivity contribution is 0.0954. The number of hydrogen-bond acceptors (Lipinski definition) is 8. The van der Waals surface area contributed by atoms with Crippen molar-refractivity contribution in [3.63, 3.8) is 0 Å². The molecule has 0 radical (unpaired) electrons. The van der Waals surface area contributed by atoms with Gasteiger partial charge < -0.3 is 4.74 Å². The van der Waals surface area contributed by atoms with Crippen molar-refractivity contribution in [2.45, 2.75) is 22.7 Å². The largest absolute Gasteiger partial charge is 0.496 e. The SMILES string of the molecule is COc1ccc(C(C)=NNC(=O)c2ccc(Cl)c(S(N)(=O)=O)c2)cc1CSc1ncccn1. The molecular weight excluding hydrogens is 486 g/mol. The van der Waals surface area contributed by atoms with Crippen molar-refractivity contribution < 1.29 is 17.9 Å². The molecule has 0 aliphatic carbocycles. The zero-order chi connectivity index (χ0) is 24.0. The van der Waals surface area contributed by atoms with Crippen molar-refractivity contribution in [3.05, 3.63) is 76.6 Å². The number of nitrogens with two attached hydrogens (primary N) is 1. The predicted molar refractivity (Wildman–Crippen MR) is 127 cm³/mol. The molecule has 0 bridgehead atoms. The van der Waals surface area contributed by atoms with Crippen LogP contribution in [0.25, 0.3) is 0 Å². The monoisotopic (exact) mass is 505 g/mol. The van der Waals surface area contributed by atoms with E-state index in [4.69, 9.17) is 21.5 Å². The molecular formula is C21H20ClN5O4S2. The first-order chi connectivity index (χ1) is 15.7. The van der Waals surface area contributed by atoms with Gasteiger partial charge in [-0.1, -0.05) is 23.4 Å². The van der Waals surface area contributed by atoms with Crippen molar-refractivity contribution in [1.29, 1.82) is 0 Å². The van der Waals surface area contributed by atoms with Gasteiger partial charge in [-0.25, -0.2) is 29.0 Å². The second-order valence-electron chi connectivity index (χ2n) is 6.68. The molecule has 1 heterocycles. The van der Waals surface area contributed by atoms with Gasteiger partial charge in [0.1, 0.15) is 10.6 Å². The first kappa shape index (κ1) is 24.6. The molecule has 172 valence electrons. The predicted octanol–water partition coefficient (Wildman–Crippen LogP) is 3.23. The number of amides is 1. The summed E-state index contributed by atoms with van der Waals surface area (Å²) in [7, 11) is -2.48. The van der Waals surface area contributed by atoms with Crippen LogP contribution in [0.3, 0.4) is 0 Å². The number of carbonyl (C=O) groups excluding carboxylic acids is 1. The Kier molecular flexibility index (Phi) is 8.03. The van der Waals surface area contributed by atoms with Crippen LogP contribution in [0.5, 0.6) is 5.75 Å². The zero-order valence-corrected chi connectivity index (χ0v) is 20.0. The van der Waals surface area contributed by atoms with E-state index in [0.717, 1.165) is 17.2 Å². The molecule has 0 unspecified atom stereocenters. The standard InChI is InChI=1S/C21H20ClN5O4S2/c1-13(26-27-20(28)15-4-6-17(22)19(11-15)33(23,29)30)14-5-7-18(31-2)16(10-14)12-32-21-24-8-3-9-25-21/h3-11H,12H2,1-2H3,(H,27,28)(H2,23,29,30). The summed E-state index contributed by atoms with van der Waals surface area (Å²) in [5.74, 6) is 0.666. The summed E-state index contributed by atoms with van der Waals surface area (Å²) in [6.45, 7) is 1.73. The summed E-state index contributed by atoms with van der Waals surface area (Å²) in [4.78, 5) is 20.5. The fourth-order valence-corrected chi connectivity index (χ4v) is 4.60. The number of methoxy groups -OCH3 is 1. The van der Waals surface area contributed by atoms with Crippen molar-refractivity contribution in [2.24, 2.45) is 10.2 Å². The summed E-state index contributed by atoms with van der Waals surface area (Å²) >= 11 is 7.32. The van der Waals surface area contributed by atoms with E-state index < -0.39 is 15.9 Å². The Morgan fingerprint density at radius 2 is 1.88 bits per heavy atom. The second-order valence-corrected chi connectivity index (χ2v) is 9.55. The number of aromatic nitrogens is 2. The average Bonchev–Trinajstić information content (AvgIpc) is 2.81. The Bertz CT molecular complexity index is 1300. The summed E-state index contributed by atoms with van der Waals surface area (Å²) in [5, 5.41) is 9.84. The first-order valence-corrected chi connectivity index (χ1v) is 12.3. The quantitative estimate of drug-likeness (QED) is 0.207. The van der Waals surface area contributed by atoms with Crippen LogP contribution < -0.4 is 15.3 Å². The third-order valence-electron chi connectivity index (χ3n) is 4.42. The number of thioether (sulfide) groups is 1. The van der Waals surface area contributed by atoms with Crippen molar-refractivity contribution in [2.75, 3.05) is 7.11 Å². The van der Waals surface area contributed by atoms with Gasteiger partial charge in [0.05, 0.1) is 17.8 Å². The van der Waals surface area contributed by atoms with Crippen LogP contribution >= 0.6 is 23.4 Å². The molecule has 9 nitrogen and oxygen atoms in total. The second kappa shape index (κ2) is 10.8. The zero-order valence-electron chi connectivity index (χ0n) is 17.6. The van der Waals surface area contributed by atoms with Crippen LogP contribution in [0.4, 0.5) is 0 Å². The van der Waals surface area contributed by atoms with Gasteiger partial charge in [-0.2, -0.15) is 5.10 Å². The summed E-state index contributed by atoms with van der Waals surface area (Å²) in [6, 6.07) is 11.1. The number of rotatable bonds is 8. The topological polar surface area (TPSA) is 137 Å². The number of nitrogens with one attached hydrogen (secondary N) is 1. The number of hydrazone groups is 1. The molecule has 0 saturated carbocycles. The Hall–Kier alpha value is -2.99. The first-order valence-electron chi connectivity index (χ1n) is 9.43. The van der Waals surface area contributed by atoms with Crippen LogP contribution in [0.2, 0.25) is 5.02 Å². The highest BCUT2D eigenvalue weighted by Gasteiger charge is 2.16. The minimum absolute atomic E-state index is 0.0506. The molecule has 1 aromatic heterocycles. The smallest absolute Gasteiger partial charge is 0.271 e. The fourth-order valence-electron chi connectivity index (χ4n) is 2.75. The fraction of sp³-hybridized carbons (Fsp3) is 0.143. The van der Waals surface area contributed by atoms with Gasteiger partial charge >= 0.3 is 0 Å². The lowest BCUT2D eigenvalue weighted by Gasteiger charge is -2.11. The maximum absolute atomic E-state index is 12.5. The van der Waals surface area contributed by atoms with E-state index in [0.29, 0.717) is 22.4 Å². The molecule has 0 aliphatic heterocycles. The van der Waals surface area contributed by atoms with Gasteiger partial charge in [0.2, 0.25) is 10.0 Å². The molecule has 1 amide bonds. The molecule has 0 fully saturated rings. The van der Waals surface area contributed by atoms with E-state index in [1.54, 1.807) is 32.5 Å². The van der Waals surface area contributed by atoms with Crippen LogP contribution in [0.1, 0.15) is 28.4 Å². The minimum atomic E-state index is -4.07. The van der Waals surface area contributed by atoms with Crippen LogP contribution in [0, 0.1) is 0 Å². The Morgan fingerprint density at radius 1 is 1.18 bits per heavy atom. The van der Waals surface area contributed by atoms with Gasteiger partial charge in [-0.3, -0.25) is 4.79 Å². The van der Waals surface area contributed by atoms with E-state index in [2.05, 4.69) is 20.5 Å². The third-order valence-corrected chi connectivity index (χ3v) is 6.74. The average molecular weight is 506 g/mol. The number of halogens is 1. The molecule has 0 aliphatic rings. The van der Waals surface area contributed by atoms with Gasteiger partial charge in [0.25, 0.3) is 5.91 Å². The van der Waals surface area contributed by atoms with Crippen LogP contribution in [-0.2, 0) is 15.8 Å². The van der Waals surface area contributed by atoms with Crippen molar-refractivity contribution in [1.82, 2.24) is 15.4 Å². The number of benzene rings is 2. The number of ether oxygens (including phenoxy) is 1. The van der Waals surface area contributed by atoms with E-state index in [9.17, 15) is 13.2 Å². The summed E-state index contributed by atoms with van der Waals surface area (Å²) in [5.41, 5.74) is 4.67. The highest BCUT2D eigenvalue weighted by atomic mass is 35.5. The lowest BCUT2D eigenvalue weighted by Crippen LogP contribution is -2.20. The molecule has 0 spiro atoms. The molecule has 0 atom stereocenters. The van der Waals surface area contributed by atoms with Crippen LogP contribution in [0.15, 0.2) is 70.0 Å². The Labute approximate surface area is 200 Å². The number of hydrogen-bond donors (Lipinski definition) is 2. The van der Waals surface area contributed by atoms with Gasteiger partial charge in [0, 0.05) is 29.3 Å². The lowest BCUT2D eigenvalue weighted by atomic mass is 10.1. The maximum atomic E-state index is 12.5. The molecule has 12 heteroatoms. The molecule has 3 aromatic rings. The van der Waals surface area contributed by atoms with Gasteiger partial charge in [-0.05, 0) is 55.0 Å². The van der Waals surface area contributed by atoms with E-state index in [1.807, 2.05) is 18.2 Å². The Balaban J connectivity index is 1.77.